The van der Waals surface area contributed by atoms with Crippen LogP contribution in [0.5, 0.6) is 0 Å². The zero-order chi connectivity index (χ0) is 11.1. The Balaban J connectivity index is 3.08. The third-order valence-corrected chi connectivity index (χ3v) is 3.33. The number of nitrogens with zero attached hydrogens (tertiary/aromatic N) is 2. The van der Waals surface area contributed by atoms with Crippen molar-refractivity contribution in [2.45, 2.75) is 19.4 Å². The summed E-state index contributed by atoms with van der Waals surface area (Å²) in [5.41, 5.74) is -0.958. The van der Waals surface area contributed by atoms with Crippen LogP contribution in [0.25, 0.3) is 0 Å². The van der Waals surface area contributed by atoms with Crippen molar-refractivity contribution in [3.63, 3.8) is 0 Å². The van der Waals surface area contributed by atoms with E-state index in [4.69, 9.17) is 0 Å². The highest BCUT2D eigenvalue weighted by molar-refractivity contribution is 7.38. The standard InChI is InChI=1S/C7H12N2O4P/c1-7(2)5(10)9(14(12)13-4)6(11)8(7)3/h1-4H3/q+1. The van der Waals surface area contributed by atoms with Crippen LogP contribution in [0.3, 0.4) is 0 Å². The number of imide groups is 1. The molecule has 78 valence electrons. The maximum Gasteiger partial charge on any atom is 0.657 e. The lowest BCUT2D eigenvalue weighted by atomic mass is 10.1. The molecular formula is C7H12N2O4P+. The molecule has 0 aliphatic carbocycles. The van der Waals surface area contributed by atoms with E-state index in [-0.39, 0.29) is 0 Å². The van der Waals surface area contributed by atoms with Gasteiger partial charge in [-0.1, -0.05) is 0 Å². The lowest BCUT2D eigenvalue weighted by molar-refractivity contribution is -0.128. The minimum Gasteiger partial charge on any atom is -0.310 e. The number of hydrogen-bond donors (Lipinski definition) is 0. The molecular weight excluding hydrogens is 207 g/mol. The summed E-state index contributed by atoms with van der Waals surface area (Å²) in [5.74, 6) is -0.507. The summed E-state index contributed by atoms with van der Waals surface area (Å²) in [5, 5.41) is 0. The van der Waals surface area contributed by atoms with Gasteiger partial charge in [0.05, 0.1) is 7.11 Å². The van der Waals surface area contributed by atoms with Crippen LogP contribution in [0.2, 0.25) is 0 Å². The summed E-state index contributed by atoms with van der Waals surface area (Å²) >= 11 is 0. The van der Waals surface area contributed by atoms with E-state index in [9.17, 15) is 14.2 Å². The average molecular weight is 219 g/mol. The van der Waals surface area contributed by atoms with Crippen molar-refractivity contribution in [1.29, 1.82) is 0 Å². The number of likely N-dealkylation sites (N-methyl/N-ethyl adjacent to an activating group) is 1. The fraction of sp³-hybridized carbons (Fsp3) is 0.714. The molecule has 1 unspecified atom stereocenters. The van der Waals surface area contributed by atoms with Crippen LogP contribution < -0.4 is 0 Å². The van der Waals surface area contributed by atoms with Crippen molar-refractivity contribution < 1.29 is 18.7 Å². The van der Waals surface area contributed by atoms with Gasteiger partial charge in [0.2, 0.25) is 0 Å². The Labute approximate surface area is 82.7 Å². The number of carbonyl (C=O) groups is 2. The third kappa shape index (κ3) is 1.31. The molecule has 1 fully saturated rings. The first-order valence-corrected chi connectivity index (χ1v) is 5.10. The number of carbonyl (C=O) groups excluding carboxylic acids is 2. The molecule has 0 spiro atoms. The zero-order valence-corrected chi connectivity index (χ0v) is 9.37. The number of rotatable bonds is 2. The molecule has 0 aromatic rings. The van der Waals surface area contributed by atoms with Gasteiger partial charge in [-0.2, -0.15) is 0 Å². The molecule has 0 bridgehead atoms. The molecule has 7 heteroatoms. The smallest absolute Gasteiger partial charge is 0.310 e. The largest absolute Gasteiger partial charge is 0.657 e. The van der Waals surface area contributed by atoms with Gasteiger partial charge in [0, 0.05) is 7.05 Å². The Hall–Kier alpha value is -1.00. The van der Waals surface area contributed by atoms with Crippen LogP contribution in [-0.4, -0.2) is 41.2 Å². The highest BCUT2D eigenvalue weighted by Gasteiger charge is 2.59. The normalized spacial score (nSPS) is 21.9. The van der Waals surface area contributed by atoms with Gasteiger partial charge in [-0.3, -0.25) is 4.79 Å². The van der Waals surface area contributed by atoms with Gasteiger partial charge >= 0.3 is 20.1 Å². The maximum atomic E-state index is 11.6. The predicted molar refractivity (Wildman–Crippen MR) is 48.7 cm³/mol. The quantitative estimate of drug-likeness (QED) is 0.512. The highest BCUT2D eigenvalue weighted by Crippen LogP contribution is 2.38. The van der Waals surface area contributed by atoms with Gasteiger partial charge < -0.3 is 4.90 Å². The van der Waals surface area contributed by atoms with Crippen LogP contribution >= 0.6 is 8.18 Å². The van der Waals surface area contributed by atoms with E-state index in [2.05, 4.69) is 4.52 Å². The second-order valence-corrected chi connectivity index (χ2v) is 4.68. The van der Waals surface area contributed by atoms with E-state index in [0.717, 1.165) is 0 Å². The molecule has 0 aromatic carbocycles. The summed E-state index contributed by atoms with van der Waals surface area (Å²) in [4.78, 5) is 24.4. The van der Waals surface area contributed by atoms with Crippen molar-refractivity contribution in [3.8, 4) is 0 Å². The van der Waals surface area contributed by atoms with E-state index in [1.807, 2.05) is 0 Å². The molecule has 1 heterocycles. The number of urea groups is 1. The molecule has 1 aliphatic rings. The van der Waals surface area contributed by atoms with E-state index >= 15 is 0 Å². The van der Waals surface area contributed by atoms with E-state index in [1.54, 1.807) is 13.8 Å². The Morgan fingerprint density at radius 3 is 2.14 bits per heavy atom. The van der Waals surface area contributed by atoms with Gasteiger partial charge in [0.1, 0.15) is 5.54 Å². The molecule has 6 nitrogen and oxygen atoms in total. The van der Waals surface area contributed by atoms with Crippen molar-refractivity contribution in [1.82, 2.24) is 9.57 Å². The Morgan fingerprint density at radius 2 is 1.86 bits per heavy atom. The second kappa shape index (κ2) is 3.29. The molecule has 14 heavy (non-hydrogen) atoms. The number of amides is 3. The van der Waals surface area contributed by atoms with Gasteiger partial charge in [0.25, 0.3) is 0 Å². The Bertz CT molecular complexity index is 315. The van der Waals surface area contributed by atoms with E-state index in [0.29, 0.717) is 4.67 Å². The van der Waals surface area contributed by atoms with Crippen molar-refractivity contribution in [2.24, 2.45) is 0 Å². The molecule has 0 saturated carbocycles. The fourth-order valence-corrected chi connectivity index (χ4v) is 1.93. The SMILES string of the molecule is CO[P+](=O)N1C(=O)N(C)C(C)(C)C1=O. The summed E-state index contributed by atoms with van der Waals surface area (Å²) in [7, 11) is 0.270. The Kier molecular flexibility index (Phi) is 2.61. The van der Waals surface area contributed by atoms with Gasteiger partial charge in [-0.15, -0.1) is 4.52 Å². The van der Waals surface area contributed by atoms with E-state index < -0.39 is 25.7 Å². The van der Waals surface area contributed by atoms with Crippen LogP contribution in [0.4, 0.5) is 4.79 Å². The molecule has 0 N–H and O–H groups in total. The summed E-state index contributed by atoms with van der Waals surface area (Å²) in [6.45, 7) is 3.18. The van der Waals surface area contributed by atoms with Crippen LogP contribution in [0, 0.1) is 0 Å². The molecule has 1 aliphatic heterocycles. The topological polar surface area (TPSA) is 66.9 Å². The molecule has 1 saturated heterocycles. The second-order valence-electron chi connectivity index (χ2n) is 3.44. The minimum absolute atomic E-state index is 0.507. The lowest BCUT2D eigenvalue weighted by Gasteiger charge is -2.21. The van der Waals surface area contributed by atoms with Gasteiger partial charge in [-0.05, 0) is 23.1 Å². The van der Waals surface area contributed by atoms with Gasteiger partial charge in [-0.25, -0.2) is 4.79 Å². The highest BCUT2D eigenvalue weighted by atomic mass is 31.1. The molecule has 0 radical (unpaired) electrons. The van der Waals surface area contributed by atoms with Crippen molar-refractivity contribution >= 4 is 20.1 Å². The third-order valence-electron chi connectivity index (χ3n) is 2.34. The fourth-order valence-electron chi connectivity index (χ4n) is 1.10. The van der Waals surface area contributed by atoms with Crippen LogP contribution in [-0.2, 0) is 13.9 Å². The first kappa shape index (κ1) is 11.1. The first-order valence-electron chi connectivity index (χ1n) is 3.97. The van der Waals surface area contributed by atoms with Crippen molar-refractivity contribution in [3.05, 3.63) is 0 Å². The Morgan fingerprint density at radius 1 is 1.36 bits per heavy atom. The maximum absolute atomic E-state index is 11.6. The van der Waals surface area contributed by atoms with E-state index in [1.165, 1.54) is 19.1 Å². The summed E-state index contributed by atoms with van der Waals surface area (Å²) in [6.07, 6.45) is 0. The summed E-state index contributed by atoms with van der Waals surface area (Å²) in [6, 6.07) is -0.594. The minimum atomic E-state index is -2.40. The molecule has 1 rings (SSSR count). The monoisotopic (exact) mass is 219 g/mol. The predicted octanol–water partition coefficient (Wildman–Crippen LogP) is 0.963. The molecule has 0 aromatic heterocycles. The zero-order valence-electron chi connectivity index (χ0n) is 8.47. The molecule has 3 amide bonds. The van der Waals surface area contributed by atoms with Crippen LogP contribution in [0.15, 0.2) is 0 Å². The first-order chi connectivity index (χ1) is 6.34. The molecule has 1 atom stereocenters. The number of hydrogen-bond acceptors (Lipinski definition) is 4. The van der Waals surface area contributed by atoms with Crippen molar-refractivity contribution in [2.75, 3.05) is 14.2 Å². The van der Waals surface area contributed by atoms with Crippen LogP contribution in [0.1, 0.15) is 13.8 Å². The lowest BCUT2D eigenvalue weighted by Crippen LogP contribution is -2.41. The summed E-state index contributed by atoms with van der Waals surface area (Å²) < 4.78 is 16.4. The average Bonchev–Trinajstić information content (AvgIpc) is 2.28. The van der Waals surface area contributed by atoms with Gasteiger partial charge in [0.15, 0.2) is 0 Å².